The van der Waals surface area contributed by atoms with Gasteiger partial charge in [0.05, 0.1) is 23.3 Å². The molecule has 0 amide bonds. The van der Waals surface area contributed by atoms with Crippen LogP contribution in [0.2, 0.25) is 0 Å². The predicted octanol–water partition coefficient (Wildman–Crippen LogP) is 3.75. The van der Waals surface area contributed by atoms with Gasteiger partial charge in [-0.15, -0.1) is 11.3 Å². The highest BCUT2D eigenvalue weighted by molar-refractivity contribution is 7.18. The Morgan fingerprint density at radius 1 is 1.26 bits per heavy atom. The topological polar surface area (TPSA) is 102 Å². The van der Waals surface area contributed by atoms with Crippen molar-refractivity contribution in [2.24, 2.45) is 0 Å². The van der Waals surface area contributed by atoms with Crippen molar-refractivity contribution < 1.29 is 32.2 Å². The summed E-state index contributed by atoms with van der Waals surface area (Å²) < 4.78 is 48.1. The van der Waals surface area contributed by atoms with Gasteiger partial charge in [0.15, 0.2) is 0 Å². The Labute approximate surface area is 155 Å². The molecular formula is C17H13F3N2O4S. The summed E-state index contributed by atoms with van der Waals surface area (Å²) in [5.74, 6) is -1.77. The molecule has 0 aliphatic rings. The van der Waals surface area contributed by atoms with Crippen LogP contribution in [0.5, 0.6) is 0 Å². The molecule has 1 heterocycles. The summed E-state index contributed by atoms with van der Waals surface area (Å²) in [6.45, 7) is 1.16. The Hall–Kier alpha value is -3.06. The maximum atomic E-state index is 12.7. The Bertz CT molecular complexity index is 916. The zero-order valence-corrected chi connectivity index (χ0v) is 14.7. The van der Waals surface area contributed by atoms with Crippen LogP contribution in [0, 0.1) is 11.3 Å². The lowest BCUT2D eigenvalue weighted by Gasteiger charge is -2.09. The molecule has 1 aromatic carbocycles. The van der Waals surface area contributed by atoms with Gasteiger partial charge in [-0.3, -0.25) is 0 Å². The summed E-state index contributed by atoms with van der Waals surface area (Å²) in [6, 6.07) is 5.53. The number of alkyl halides is 3. The minimum Gasteiger partial charge on any atom is -0.462 e. The van der Waals surface area contributed by atoms with Crippen molar-refractivity contribution in [3.63, 3.8) is 0 Å². The van der Waals surface area contributed by atoms with Crippen molar-refractivity contribution in [3.05, 3.63) is 51.4 Å². The Morgan fingerprint density at radius 2 is 1.96 bits per heavy atom. The van der Waals surface area contributed by atoms with Crippen LogP contribution in [-0.2, 0) is 22.3 Å². The average Bonchev–Trinajstić information content (AvgIpc) is 2.94. The van der Waals surface area contributed by atoms with Crippen LogP contribution in [0.3, 0.4) is 0 Å². The second-order valence-corrected chi connectivity index (χ2v) is 6.19. The van der Waals surface area contributed by atoms with Crippen molar-refractivity contribution in [1.82, 2.24) is 0 Å². The fraction of sp³-hybridized carbons (Fsp3) is 0.235. The highest BCUT2D eigenvalue weighted by Crippen LogP contribution is 2.32. The number of ether oxygens (including phenoxy) is 2. The van der Waals surface area contributed by atoms with E-state index in [0.717, 1.165) is 29.5 Å². The number of esters is 2. The lowest BCUT2D eigenvalue weighted by Crippen LogP contribution is -2.11. The van der Waals surface area contributed by atoms with E-state index in [-0.39, 0.29) is 33.2 Å². The van der Waals surface area contributed by atoms with Crippen LogP contribution in [-0.4, -0.2) is 18.5 Å². The van der Waals surface area contributed by atoms with Gasteiger partial charge >= 0.3 is 18.1 Å². The molecule has 6 nitrogen and oxygen atoms in total. The van der Waals surface area contributed by atoms with Crippen LogP contribution in [0.1, 0.15) is 43.6 Å². The zero-order valence-electron chi connectivity index (χ0n) is 13.9. The Kier molecular flexibility index (Phi) is 6.07. The summed E-state index contributed by atoms with van der Waals surface area (Å²) >= 11 is 0.808. The van der Waals surface area contributed by atoms with Gasteiger partial charge in [-0.2, -0.15) is 18.4 Å². The lowest BCUT2D eigenvalue weighted by molar-refractivity contribution is -0.137. The molecule has 0 saturated heterocycles. The largest absolute Gasteiger partial charge is 0.462 e. The fourth-order valence-corrected chi connectivity index (χ4v) is 3.07. The summed E-state index contributed by atoms with van der Waals surface area (Å²) in [7, 11) is 0. The van der Waals surface area contributed by atoms with Gasteiger partial charge in [0.2, 0.25) is 0 Å². The van der Waals surface area contributed by atoms with E-state index in [1.54, 1.807) is 6.92 Å². The Morgan fingerprint density at radius 3 is 2.56 bits per heavy atom. The van der Waals surface area contributed by atoms with Crippen LogP contribution >= 0.6 is 11.3 Å². The first-order valence-corrected chi connectivity index (χ1v) is 8.33. The summed E-state index contributed by atoms with van der Waals surface area (Å²) in [5, 5.41) is 9.24. The van der Waals surface area contributed by atoms with Gasteiger partial charge in [0.25, 0.3) is 0 Å². The third-order valence-corrected chi connectivity index (χ3v) is 4.42. The summed E-state index contributed by atoms with van der Waals surface area (Å²) in [6.07, 6.45) is -4.61. The van der Waals surface area contributed by atoms with Crippen LogP contribution in [0.25, 0.3) is 0 Å². The molecular weight excluding hydrogens is 385 g/mol. The molecule has 2 rings (SSSR count). The highest BCUT2D eigenvalue weighted by atomic mass is 32.1. The monoisotopic (exact) mass is 398 g/mol. The molecule has 0 spiro atoms. The third kappa shape index (κ3) is 4.57. The molecule has 0 unspecified atom stereocenters. The normalized spacial score (nSPS) is 10.9. The standard InChI is InChI=1S/C17H13F3N2O4S/c1-2-25-16(24)13-12(11(7-21)14(22)27-13)8-26-15(23)9-4-3-5-10(6-9)17(18,19)20/h3-6H,2,8,22H2,1H3. The van der Waals surface area contributed by atoms with Gasteiger partial charge in [-0.25, -0.2) is 9.59 Å². The molecule has 27 heavy (non-hydrogen) atoms. The quantitative estimate of drug-likeness (QED) is 0.770. The molecule has 1 aromatic heterocycles. The number of thiophene rings is 1. The van der Waals surface area contributed by atoms with Crippen molar-refractivity contribution in [3.8, 4) is 6.07 Å². The summed E-state index contributed by atoms with van der Waals surface area (Å²) in [5.41, 5.74) is 4.39. The van der Waals surface area contributed by atoms with Crippen molar-refractivity contribution in [1.29, 1.82) is 5.26 Å². The van der Waals surface area contributed by atoms with Gasteiger partial charge in [0, 0.05) is 5.56 Å². The van der Waals surface area contributed by atoms with Crippen LogP contribution in [0.4, 0.5) is 18.2 Å². The smallest absolute Gasteiger partial charge is 0.416 e. The molecule has 0 radical (unpaired) electrons. The second kappa shape index (κ2) is 8.09. The molecule has 142 valence electrons. The minimum absolute atomic E-state index is 0.00254. The third-order valence-electron chi connectivity index (χ3n) is 3.38. The summed E-state index contributed by atoms with van der Waals surface area (Å²) in [4.78, 5) is 24.1. The van der Waals surface area contributed by atoms with E-state index in [9.17, 15) is 28.0 Å². The average molecular weight is 398 g/mol. The molecule has 0 atom stereocenters. The molecule has 0 aliphatic carbocycles. The number of nitrogens with zero attached hydrogens (tertiary/aromatic N) is 1. The van der Waals surface area contributed by atoms with E-state index in [1.807, 2.05) is 6.07 Å². The first-order chi connectivity index (χ1) is 12.7. The van der Waals surface area contributed by atoms with E-state index in [1.165, 1.54) is 0 Å². The molecule has 10 heteroatoms. The molecule has 0 bridgehead atoms. The van der Waals surface area contributed by atoms with E-state index in [2.05, 4.69) is 0 Å². The predicted molar refractivity (Wildman–Crippen MR) is 90.0 cm³/mol. The van der Waals surface area contributed by atoms with E-state index < -0.39 is 30.3 Å². The number of rotatable bonds is 5. The molecule has 0 fully saturated rings. The zero-order chi connectivity index (χ0) is 20.2. The maximum absolute atomic E-state index is 12.7. The maximum Gasteiger partial charge on any atom is 0.416 e. The van der Waals surface area contributed by atoms with Crippen LogP contribution < -0.4 is 5.73 Å². The molecule has 0 aliphatic heterocycles. The molecule has 2 N–H and O–H groups in total. The highest BCUT2D eigenvalue weighted by Gasteiger charge is 2.31. The number of nitriles is 1. The molecule has 0 saturated carbocycles. The second-order valence-electron chi connectivity index (χ2n) is 5.14. The van der Waals surface area contributed by atoms with Gasteiger partial charge in [0.1, 0.15) is 22.6 Å². The van der Waals surface area contributed by atoms with Gasteiger partial charge in [-0.05, 0) is 25.1 Å². The van der Waals surface area contributed by atoms with Crippen molar-refractivity contribution in [2.45, 2.75) is 19.7 Å². The molecule has 2 aromatic rings. The number of hydrogen-bond acceptors (Lipinski definition) is 7. The first-order valence-electron chi connectivity index (χ1n) is 7.51. The number of carbonyl (C=O) groups excluding carboxylic acids is 2. The van der Waals surface area contributed by atoms with Gasteiger partial charge < -0.3 is 15.2 Å². The number of hydrogen-bond donors (Lipinski definition) is 1. The number of nitrogen functional groups attached to an aromatic ring is 1. The SMILES string of the molecule is CCOC(=O)c1sc(N)c(C#N)c1COC(=O)c1cccc(C(F)(F)F)c1. The number of anilines is 1. The number of benzene rings is 1. The minimum atomic E-state index is -4.61. The van der Waals surface area contributed by atoms with Crippen molar-refractivity contribution in [2.75, 3.05) is 12.3 Å². The number of halogens is 3. The number of carbonyl (C=O) groups is 2. The number of nitrogens with two attached hydrogens (primary N) is 1. The first kappa shape index (κ1) is 20.3. The van der Waals surface area contributed by atoms with Gasteiger partial charge in [-0.1, -0.05) is 6.07 Å². The van der Waals surface area contributed by atoms with E-state index in [0.29, 0.717) is 6.07 Å². The van der Waals surface area contributed by atoms with Crippen LogP contribution in [0.15, 0.2) is 24.3 Å². The fourth-order valence-electron chi connectivity index (χ4n) is 2.15. The van der Waals surface area contributed by atoms with Crippen molar-refractivity contribution >= 4 is 28.3 Å². The van der Waals surface area contributed by atoms with E-state index >= 15 is 0 Å². The Balaban J connectivity index is 2.25. The van der Waals surface area contributed by atoms with E-state index in [4.69, 9.17) is 15.2 Å². The lowest BCUT2D eigenvalue weighted by atomic mass is 10.1.